The van der Waals surface area contributed by atoms with Gasteiger partial charge < -0.3 is 0 Å². The van der Waals surface area contributed by atoms with Gasteiger partial charge >= 0.3 is 0 Å². The summed E-state index contributed by atoms with van der Waals surface area (Å²) in [4.78, 5) is 0. The minimum atomic E-state index is -3.31. The van der Waals surface area contributed by atoms with E-state index in [4.69, 9.17) is 4.18 Å². The summed E-state index contributed by atoms with van der Waals surface area (Å²) in [5.74, 6) is 0.197. The molecule has 3 nitrogen and oxygen atoms in total. The van der Waals surface area contributed by atoms with E-state index in [1.165, 1.54) is 122 Å². The number of rotatable bonds is 27. The van der Waals surface area contributed by atoms with Crippen molar-refractivity contribution >= 4 is 10.1 Å². The average Bonchev–Trinajstić information content (AvgIpc) is 2.77. The fourth-order valence-corrected chi connectivity index (χ4v) is 5.36. The molecular weight excluding hydrogens is 416 g/mol. The molecule has 0 aliphatic carbocycles. The van der Waals surface area contributed by atoms with E-state index in [-0.39, 0.29) is 5.75 Å². The van der Waals surface area contributed by atoms with Crippen molar-refractivity contribution in [1.82, 2.24) is 0 Å². The molecule has 0 fully saturated rings. The molecule has 0 unspecified atom stereocenters. The van der Waals surface area contributed by atoms with E-state index in [1.807, 2.05) is 0 Å². The lowest BCUT2D eigenvalue weighted by Gasteiger charge is -2.06. The van der Waals surface area contributed by atoms with Crippen molar-refractivity contribution in [2.24, 2.45) is 0 Å². The molecule has 0 N–H and O–H groups in total. The molecule has 4 heteroatoms. The van der Waals surface area contributed by atoms with Gasteiger partial charge in [-0.3, -0.25) is 4.18 Å². The lowest BCUT2D eigenvalue weighted by molar-refractivity contribution is 0.305. The molecule has 0 saturated heterocycles. The highest BCUT2D eigenvalue weighted by atomic mass is 32.2. The van der Waals surface area contributed by atoms with Crippen molar-refractivity contribution in [2.75, 3.05) is 12.4 Å². The van der Waals surface area contributed by atoms with Crippen LogP contribution < -0.4 is 0 Å². The highest BCUT2D eigenvalue weighted by Crippen LogP contribution is 2.14. The van der Waals surface area contributed by atoms with E-state index >= 15 is 0 Å². The van der Waals surface area contributed by atoms with Gasteiger partial charge in [0.2, 0.25) is 0 Å². The summed E-state index contributed by atoms with van der Waals surface area (Å²) in [7, 11) is -3.31. The van der Waals surface area contributed by atoms with Gasteiger partial charge in [-0.25, -0.2) is 0 Å². The summed E-state index contributed by atoms with van der Waals surface area (Å²) in [6.07, 6.45) is 30.5. The molecule has 0 aliphatic rings. The van der Waals surface area contributed by atoms with Crippen LogP contribution in [0.15, 0.2) is 0 Å². The predicted molar refractivity (Wildman–Crippen MR) is 142 cm³/mol. The normalized spacial score (nSPS) is 11.9. The van der Waals surface area contributed by atoms with Gasteiger partial charge in [-0.1, -0.05) is 155 Å². The quantitative estimate of drug-likeness (QED) is 0.0878. The summed E-state index contributed by atoms with van der Waals surface area (Å²) < 4.78 is 29.1. The van der Waals surface area contributed by atoms with Crippen molar-refractivity contribution in [2.45, 2.75) is 168 Å². The Labute approximate surface area is 203 Å². The molecule has 0 atom stereocenters. The van der Waals surface area contributed by atoms with Crippen LogP contribution in [0.25, 0.3) is 0 Å². The van der Waals surface area contributed by atoms with Crippen molar-refractivity contribution < 1.29 is 12.6 Å². The van der Waals surface area contributed by atoms with Gasteiger partial charge in [0, 0.05) is 0 Å². The molecule has 0 bridgehead atoms. The third-order valence-electron chi connectivity index (χ3n) is 6.51. The van der Waals surface area contributed by atoms with Gasteiger partial charge in [0.15, 0.2) is 0 Å². The van der Waals surface area contributed by atoms with Crippen LogP contribution in [0.2, 0.25) is 0 Å². The van der Waals surface area contributed by atoms with Crippen molar-refractivity contribution in [3.8, 4) is 0 Å². The van der Waals surface area contributed by atoms with Crippen LogP contribution in [0.5, 0.6) is 0 Å². The number of hydrogen-bond donors (Lipinski definition) is 0. The topological polar surface area (TPSA) is 43.4 Å². The van der Waals surface area contributed by atoms with Gasteiger partial charge in [-0.2, -0.15) is 8.42 Å². The SMILES string of the molecule is CCCCCCCCCCCCCCCCCCS(=O)(=O)OCCCCCCCCCC. The minimum absolute atomic E-state index is 0.197. The van der Waals surface area contributed by atoms with Crippen LogP contribution >= 0.6 is 0 Å². The minimum Gasteiger partial charge on any atom is -0.270 e. The van der Waals surface area contributed by atoms with E-state index in [0.717, 1.165) is 32.1 Å². The Morgan fingerprint density at radius 1 is 0.406 bits per heavy atom. The zero-order valence-electron chi connectivity index (χ0n) is 22.0. The van der Waals surface area contributed by atoms with E-state index < -0.39 is 10.1 Å². The molecular formula is C28H58O3S. The fraction of sp³-hybridized carbons (Fsp3) is 1.00. The molecule has 0 heterocycles. The first-order valence-electron chi connectivity index (χ1n) is 14.5. The second kappa shape index (κ2) is 25.5. The Morgan fingerprint density at radius 3 is 1.03 bits per heavy atom. The van der Waals surface area contributed by atoms with Crippen LogP contribution in [0.3, 0.4) is 0 Å². The molecule has 0 aliphatic heterocycles. The van der Waals surface area contributed by atoms with Gasteiger partial charge in [0.25, 0.3) is 10.1 Å². The maximum Gasteiger partial charge on any atom is 0.267 e. The van der Waals surface area contributed by atoms with Crippen molar-refractivity contribution in [1.29, 1.82) is 0 Å². The lowest BCUT2D eigenvalue weighted by atomic mass is 10.0. The predicted octanol–water partition coefficient (Wildman–Crippen LogP) is 9.73. The van der Waals surface area contributed by atoms with Crippen LogP contribution in [0.4, 0.5) is 0 Å². The smallest absolute Gasteiger partial charge is 0.267 e. The zero-order valence-corrected chi connectivity index (χ0v) is 22.8. The maximum atomic E-state index is 12.0. The molecule has 0 aromatic heterocycles. The van der Waals surface area contributed by atoms with Crippen molar-refractivity contribution in [3.05, 3.63) is 0 Å². The molecule has 0 rings (SSSR count). The van der Waals surface area contributed by atoms with E-state index in [0.29, 0.717) is 6.61 Å². The Bertz CT molecular complexity index is 448. The Balaban J connectivity index is 3.28. The Hall–Kier alpha value is -0.0900. The summed E-state index contributed by atoms with van der Waals surface area (Å²) in [6, 6.07) is 0. The van der Waals surface area contributed by atoms with Crippen LogP contribution in [-0.4, -0.2) is 20.8 Å². The van der Waals surface area contributed by atoms with Crippen LogP contribution in [-0.2, 0) is 14.3 Å². The molecule has 0 aromatic carbocycles. The molecule has 0 spiro atoms. The third-order valence-corrected chi connectivity index (χ3v) is 7.82. The van der Waals surface area contributed by atoms with Gasteiger partial charge in [0.05, 0.1) is 12.4 Å². The molecule has 32 heavy (non-hydrogen) atoms. The second-order valence-corrected chi connectivity index (χ2v) is 11.6. The van der Waals surface area contributed by atoms with Gasteiger partial charge in [0.1, 0.15) is 0 Å². The molecule has 194 valence electrons. The highest BCUT2D eigenvalue weighted by molar-refractivity contribution is 7.86. The summed E-state index contributed by atoms with van der Waals surface area (Å²) in [5, 5.41) is 0. The molecule has 0 aromatic rings. The first-order valence-corrected chi connectivity index (χ1v) is 16.1. The van der Waals surface area contributed by atoms with Crippen LogP contribution in [0.1, 0.15) is 168 Å². The molecule has 0 radical (unpaired) electrons. The molecule has 0 saturated carbocycles. The van der Waals surface area contributed by atoms with E-state index in [2.05, 4.69) is 13.8 Å². The summed E-state index contributed by atoms with van der Waals surface area (Å²) >= 11 is 0. The van der Waals surface area contributed by atoms with Gasteiger partial charge in [-0.05, 0) is 12.8 Å². The first kappa shape index (κ1) is 31.9. The third kappa shape index (κ3) is 26.2. The maximum absolute atomic E-state index is 12.0. The van der Waals surface area contributed by atoms with E-state index in [9.17, 15) is 8.42 Å². The Kier molecular flexibility index (Phi) is 25.5. The van der Waals surface area contributed by atoms with Crippen molar-refractivity contribution in [3.63, 3.8) is 0 Å². The second-order valence-electron chi connectivity index (χ2n) is 9.86. The zero-order chi connectivity index (χ0) is 23.6. The highest BCUT2D eigenvalue weighted by Gasteiger charge is 2.10. The number of unbranched alkanes of at least 4 members (excludes halogenated alkanes) is 22. The number of hydrogen-bond acceptors (Lipinski definition) is 3. The summed E-state index contributed by atoms with van der Waals surface area (Å²) in [6.45, 7) is 4.88. The monoisotopic (exact) mass is 474 g/mol. The lowest BCUT2D eigenvalue weighted by Crippen LogP contribution is -2.11. The average molecular weight is 475 g/mol. The standard InChI is InChI=1S/C28H58O3S/c1-3-5-7-9-11-13-14-15-16-17-18-19-20-22-24-26-28-32(29,30)31-27-25-23-21-12-10-8-6-4-2/h3-28H2,1-2H3. The summed E-state index contributed by atoms with van der Waals surface area (Å²) in [5.41, 5.74) is 0. The van der Waals surface area contributed by atoms with Gasteiger partial charge in [-0.15, -0.1) is 0 Å². The molecule has 0 amide bonds. The fourth-order valence-electron chi connectivity index (χ4n) is 4.31. The van der Waals surface area contributed by atoms with Crippen LogP contribution in [0, 0.1) is 0 Å². The first-order chi connectivity index (χ1) is 15.6. The largest absolute Gasteiger partial charge is 0.270 e. The Morgan fingerprint density at radius 2 is 0.688 bits per heavy atom. The van der Waals surface area contributed by atoms with E-state index in [1.54, 1.807) is 0 Å².